The summed E-state index contributed by atoms with van der Waals surface area (Å²) in [6, 6.07) is 7.40. The van der Waals surface area contributed by atoms with Gasteiger partial charge in [0.1, 0.15) is 0 Å². The number of carbonyl (C=O) groups excluding carboxylic acids is 2. The van der Waals surface area contributed by atoms with Crippen LogP contribution in [0.25, 0.3) is 0 Å². The van der Waals surface area contributed by atoms with E-state index < -0.39 is 0 Å². The van der Waals surface area contributed by atoms with Crippen molar-refractivity contribution in [1.82, 2.24) is 4.90 Å². The lowest BCUT2D eigenvalue weighted by Crippen LogP contribution is -2.38. The van der Waals surface area contributed by atoms with Crippen LogP contribution in [0.5, 0.6) is 11.5 Å². The zero-order valence-electron chi connectivity index (χ0n) is 14.7. The SMILES string of the molecule is CC(=O)c1cc(CN2CCC[C@@H](C(=O)c3ccc4c(c3)OCO4)C2)cs1. The quantitative estimate of drug-likeness (QED) is 0.749. The second-order valence-electron chi connectivity index (χ2n) is 6.88. The monoisotopic (exact) mass is 371 g/mol. The maximum atomic E-state index is 12.9. The topological polar surface area (TPSA) is 55.8 Å². The van der Waals surface area contributed by atoms with Gasteiger partial charge in [-0.3, -0.25) is 14.5 Å². The van der Waals surface area contributed by atoms with Gasteiger partial charge in [-0.25, -0.2) is 0 Å². The van der Waals surface area contributed by atoms with Gasteiger partial charge in [0, 0.05) is 24.6 Å². The molecule has 6 heteroatoms. The molecular weight excluding hydrogens is 350 g/mol. The third-order valence-electron chi connectivity index (χ3n) is 4.94. The maximum Gasteiger partial charge on any atom is 0.231 e. The molecular formula is C20H21NO4S. The first kappa shape index (κ1) is 17.2. The molecule has 0 radical (unpaired) electrons. The van der Waals surface area contributed by atoms with E-state index in [1.807, 2.05) is 23.6 Å². The predicted octanol–water partition coefficient (Wildman–Crippen LogP) is 3.77. The summed E-state index contributed by atoms with van der Waals surface area (Å²) in [4.78, 5) is 27.5. The average molecular weight is 371 g/mol. The third-order valence-corrected chi connectivity index (χ3v) is 6.02. The number of ether oxygens (including phenoxy) is 2. The molecule has 1 aromatic carbocycles. The van der Waals surface area contributed by atoms with E-state index in [2.05, 4.69) is 4.90 Å². The number of piperidine rings is 1. The summed E-state index contributed by atoms with van der Waals surface area (Å²) >= 11 is 1.49. The van der Waals surface area contributed by atoms with Crippen molar-refractivity contribution in [2.45, 2.75) is 26.3 Å². The molecule has 2 aliphatic heterocycles. The van der Waals surface area contributed by atoms with Crippen molar-refractivity contribution >= 4 is 22.9 Å². The van der Waals surface area contributed by atoms with Gasteiger partial charge in [-0.2, -0.15) is 0 Å². The van der Waals surface area contributed by atoms with E-state index in [1.54, 1.807) is 13.0 Å². The standard InChI is InChI=1S/C20H21NO4S/c1-13(22)19-7-14(11-26-19)9-21-6-2-3-16(10-21)20(23)15-4-5-17-18(8-15)25-12-24-17/h4-5,7-8,11,16H,2-3,6,9-10,12H2,1H3/t16-/m1/s1. The van der Waals surface area contributed by atoms with Crippen LogP contribution in [0.15, 0.2) is 29.6 Å². The average Bonchev–Trinajstić information content (AvgIpc) is 3.30. The van der Waals surface area contributed by atoms with Crippen molar-refractivity contribution in [3.05, 3.63) is 45.6 Å². The van der Waals surface area contributed by atoms with Crippen molar-refractivity contribution < 1.29 is 19.1 Å². The van der Waals surface area contributed by atoms with E-state index in [4.69, 9.17) is 9.47 Å². The first-order chi connectivity index (χ1) is 12.6. The van der Waals surface area contributed by atoms with E-state index in [9.17, 15) is 9.59 Å². The van der Waals surface area contributed by atoms with Crippen molar-refractivity contribution in [2.75, 3.05) is 19.9 Å². The van der Waals surface area contributed by atoms with E-state index in [-0.39, 0.29) is 24.3 Å². The van der Waals surface area contributed by atoms with Crippen LogP contribution in [0.3, 0.4) is 0 Å². The Balaban J connectivity index is 1.42. The van der Waals surface area contributed by atoms with E-state index in [0.717, 1.165) is 42.9 Å². The highest BCUT2D eigenvalue weighted by molar-refractivity contribution is 7.12. The Kier molecular flexibility index (Phi) is 4.78. The second kappa shape index (κ2) is 7.21. The summed E-state index contributed by atoms with van der Waals surface area (Å²) in [5.41, 5.74) is 1.84. The Morgan fingerprint density at radius 1 is 1.23 bits per heavy atom. The Bertz CT molecular complexity index is 844. The van der Waals surface area contributed by atoms with Crippen LogP contribution in [0.4, 0.5) is 0 Å². The van der Waals surface area contributed by atoms with Gasteiger partial charge in [-0.1, -0.05) is 0 Å². The molecule has 2 aliphatic rings. The minimum atomic E-state index is -0.00460. The summed E-state index contributed by atoms with van der Waals surface area (Å²) < 4.78 is 10.7. The fraction of sp³-hybridized carbons (Fsp3) is 0.400. The lowest BCUT2D eigenvalue weighted by atomic mass is 9.89. The smallest absolute Gasteiger partial charge is 0.231 e. The van der Waals surface area contributed by atoms with Crippen molar-refractivity contribution in [1.29, 1.82) is 0 Å². The van der Waals surface area contributed by atoms with Gasteiger partial charge in [0.25, 0.3) is 0 Å². The maximum absolute atomic E-state index is 12.9. The summed E-state index contributed by atoms with van der Waals surface area (Å²) in [5, 5.41) is 2.04. The fourth-order valence-electron chi connectivity index (χ4n) is 3.60. The molecule has 2 aromatic rings. The molecule has 0 bridgehead atoms. The number of nitrogens with zero attached hydrogens (tertiary/aromatic N) is 1. The fourth-order valence-corrected chi connectivity index (χ4v) is 4.41. The van der Waals surface area contributed by atoms with Gasteiger partial charge in [-0.15, -0.1) is 11.3 Å². The molecule has 1 saturated heterocycles. The highest BCUT2D eigenvalue weighted by atomic mass is 32.1. The number of Topliss-reactive ketones (excluding diaryl/α,β-unsaturated/α-hetero) is 2. The minimum Gasteiger partial charge on any atom is -0.454 e. The van der Waals surface area contributed by atoms with E-state index in [1.165, 1.54) is 11.3 Å². The second-order valence-corrected chi connectivity index (χ2v) is 7.79. The molecule has 0 aliphatic carbocycles. The number of hydrogen-bond donors (Lipinski definition) is 0. The third kappa shape index (κ3) is 3.52. The lowest BCUT2D eigenvalue weighted by molar-refractivity contribution is 0.0811. The number of hydrogen-bond acceptors (Lipinski definition) is 6. The predicted molar refractivity (Wildman–Crippen MR) is 99.2 cm³/mol. The molecule has 3 heterocycles. The van der Waals surface area contributed by atoms with Crippen LogP contribution in [-0.4, -0.2) is 36.3 Å². The molecule has 1 aromatic heterocycles. The van der Waals surface area contributed by atoms with Crippen molar-refractivity contribution in [2.24, 2.45) is 5.92 Å². The number of benzene rings is 1. The number of likely N-dealkylation sites (tertiary alicyclic amines) is 1. The number of ketones is 2. The van der Waals surface area contributed by atoms with Crippen LogP contribution >= 0.6 is 11.3 Å². The molecule has 136 valence electrons. The van der Waals surface area contributed by atoms with Crippen molar-refractivity contribution in [3.63, 3.8) is 0 Å². The summed E-state index contributed by atoms with van der Waals surface area (Å²) in [7, 11) is 0. The molecule has 4 rings (SSSR count). The van der Waals surface area contributed by atoms with Gasteiger partial charge in [0.05, 0.1) is 4.88 Å². The number of carbonyl (C=O) groups is 2. The highest BCUT2D eigenvalue weighted by Gasteiger charge is 2.28. The van der Waals surface area contributed by atoms with Gasteiger partial charge in [0.15, 0.2) is 23.1 Å². The largest absolute Gasteiger partial charge is 0.454 e. The van der Waals surface area contributed by atoms with Gasteiger partial charge < -0.3 is 9.47 Å². The zero-order valence-corrected chi connectivity index (χ0v) is 15.5. The Labute approximate surface area is 156 Å². The first-order valence-corrected chi connectivity index (χ1v) is 9.72. The van der Waals surface area contributed by atoms with Gasteiger partial charge >= 0.3 is 0 Å². The Morgan fingerprint density at radius 2 is 2.08 bits per heavy atom. The lowest BCUT2D eigenvalue weighted by Gasteiger charge is -2.31. The summed E-state index contributed by atoms with van der Waals surface area (Å²) in [6.07, 6.45) is 1.91. The van der Waals surface area contributed by atoms with Crippen LogP contribution in [0.1, 0.15) is 45.4 Å². The van der Waals surface area contributed by atoms with Gasteiger partial charge in [-0.05, 0) is 61.5 Å². The van der Waals surface area contributed by atoms with Crippen LogP contribution in [0, 0.1) is 5.92 Å². The Hall–Kier alpha value is -2.18. The molecule has 1 atom stereocenters. The number of fused-ring (bicyclic) bond motifs is 1. The van der Waals surface area contributed by atoms with E-state index >= 15 is 0 Å². The van der Waals surface area contributed by atoms with Crippen LogP contribution < -0.4 is 9.47 Å². The number of thiophene rings is 1. The van der Waals surface area contributed by atoms with Crippen molar-refractivity contribution in [3.8, 4) is 11.5 Å². The normalized spacial score (nSPS) is 19.5. The zero-order chi connectivity index (χ0) is 18.1. The first-order valence-electron chi connectivity index (χ1n) is 8.85. The molecule has 1 fully saturated rings. The van der Waals surface area contributed by atoms with Crippen LogP contribution in [-0.2, 0) is 6.54 Å². The molecule has 0 unspecified atom stereocenters. The summed E-state index contributed by atoms with van der Waals surface area (Å²) in [6.45, 7) is 4.33. The number of rotatable bonds is 5. The van der Waals surface area contributed by atoms with Gasteiger partial charge in [0.2, 0.25) is 6.79 Å². The Morgan fingerprint density at radius 3 is 2.88 bits per heavy atom. The molecule has 0 saturated carbocycles. The molecule has 0 N–H and O–H groups in total. The molecule has 0 amide bonds. The summed E-state index contributed by atoms with van der Waals surface area (Å²) in [5.74, 6) is 1.62. The van der Waals surface area contributed by atoms with E-state index in [0.29, 0.717) is 17.1 Å². The molecule has 0 spiro atoms. The molecule has 26 heavy (non-hydrogen) atoms. The highest BCUT2D eigenvalue weighted by Crippen LogP contribution is 2.34. The minimum absolute atomic E-state index is 0.00460. The molecule has 5 nitrogen and oxygen atoms in total. The van der Waals surface area contributed by atoms with Crippen LogP contribution in [0.2, 0.25) is 0 Å².